The molecule has 0 unspecified atom stereocenters. The number of halogens is 2. The van der Waals surface area contributed by atoms with E-state index < -0.39 is 22.5 Å². The number of carbonyl (C=O) groups excluding carboxylic acids is 1. The zero-order valence-corrected chi connectivity index (χ0v) is 13.7. The molecule has 0 aromatic heterocycles. The van der Waals surface area contributed by atoms with E-state index in [1.165, 1.54) is 18.2 Å². The lowest BCUT2D eigenvalue weighted by Gasteiger charge is -2.15. The Morgan fingerprint density at radius 2 is 1.92 bits per heavy atom. The van der Waals surface area contributed by atoms with E-state index in [9.17, 15) is 23.7 Å². The van der Waals surface area contributed by atoms with E-state index in [1.54, 1.807) is 19.9 Å². The van der Waals surface area contributed by atoms with Gasteiger partial charge in [-0.2, -0.15) is 0 Å². The van der Waals surface area contributed by atoms with Crippen molar-refractivity contribution in [1.82, 2.24) is 5.32 Å². The topological polar surface area (TPSA) is 84.3 Å². The second kappa shape index (κ2) is 7.80. The zero-order chi connectivity index (χ0) is 18.6. The van der Waals surface area contributed by atoms with Crippen molar-refractivity contribution in [2.24, 2.45) is 0 Å². The van der Waals surface area contributed by atoms with E-state index in [0.717, 1.165) is 12.1 Å². The maximum absolute atomic E-state index is 13.2. The fraction of sp³-hybridized carbons (Fsp3) is 0.235. The third kappa shape index (κ3) is 4.80. The van der Waals surface area contributed by atoms with Crippen LogP contribution in [-0.4, -0.2) is 17.4 Å². The van der Waals surface area contributed by atoms with Crippen molar-refractivity contribution in [2.45, 2.75) is 19.9 Å². The van der Waals surface area contributed by atoms with Gasteiger partial charge in [-0.25, -0.2) is 8.78 Å². The van der Waals surface area contributed by atoms with Crippen LogP contribution in [0.25, 0.3) is 0 Å². The Morgan fingerprint density at radius 1 is 1.20 bits per heavy atom. The third-order valence-electron chi connectivity index (χ3n) is 3.72. The fourth-order valence-electron chi connectivity index (χ4n) is 2.20. The van der Waals surface area contributed by atoms with Crippen LogP contribution >= 0.6 is 0 Å². The van der Waals surface area contributed by atoms with Gasteiger partial charge >= 0.3 is 0 Å². The molecule has 0 aliphatic heterocycles. The second-order valence-electron chi connectivity index (χ2n) is 5.58. The molecular formula is C17H17F2N3O3. The van der Waals surface area contributed by atoms with Crippen molar-refractivity contribution in [3.05, 3.63) is 69.3 Å². The zero-order valence-electron chi connectivity index (χ0n) is 13.7. The molecule has 2 aromatic carbocycles. The molecule has 1 amide bonds. The summed E-state index contributed by atoms with van der Waals surface area (Å²) < 4.78 is 26.2. The molecule has 2 rings (SSSR count). The molecule has 6 nitrogen and oxygen atoms in total. The number of nitrogens with zero attached hydrogens (tertiary/aromatic N) is 1. The summed E-state index contributed by atoms with van der Waals surface area (Å²) >= 11 is 0. The number of nitro benzene ring substituents is 1. The fourth-order valence-corrected chi connectivity index (χ4v) is 2.20. The molecule has 132 valence electrons. The highest BCUT2D eigenvalue weighted by Crippen LogP contribution is 2.22. The highest BCUT2D eigenvalue weighted by atomic mass is 19.2. The minimum absolute atomic E-state index is 0.0949. The molecule has 0 aliphatic rings. The van der Waals surface area contributed by atoms with Crippen LogP contribution in [0, 0.1) is 28.7 Å². The lowest BCUT2D eigenvalue weighted by atomic mass is 10.1. The van der Waals surface area contributed by atoms with Crippen LogP contribution in [0.2, 0.25) is 0 Å². The Morgan fingerprint density at radius 3 is 2.56 bits per heavy atom. The molecule has 0 heterocycles. The van der Waals surface area contributed by atoms with Crippen molar-refractivity contribution in [3.63, 3.8) is 0 Å². The van der Waals surface area contributed by atoms with Crippen LogP contribution < -0.4 is 10.6 Å². The minimum atomic E-state index is -0.956. The van der Waals surface area contributed by atoms with Crippen LogP contribution in [-0.2, 0) is 4.79 Å². The van der Waals surface area contributed by atoms with E-state index in [1.807, 2.05) is 0 Å². The average molecular weight is 349 g/mol. The first-order chi connectivity index (χ1) is 11.8. The predicted molar refractivity (Wildman–Crippen MR) is 89.2 cm³/mol. The summed E-state index contributed by atoms with van der Waals surface area (Å²) in [6.45, 7) is 3.33. The van der Waals surface area contributed by atoms with Gasteiger partial charge in [0.15, 0.2) is 11.6 Å². The largest absolute Gasteiger partial charge is 0.324 e. The number of benzene rings is 2. The molecular weight excluding hydrogens is 332 g/mol. The van der Waals surface area contributed by atoms with Gasteiger partial charge in [-0.15, -0.1) is 0 Å². The van der Waals surface area contributed by atoms with Crippen LogP contribution in [0.5, 0.6) is 0 Å². The molecule has 0 bridgehead atoms. The summed E-state index contributed by atoms with van der Waals surface area (Å²) in [5.74, 6) is -2.30. The van der Waals surface area contributed by atoms with Gasteiger partial charge in [0, 0.05) is 18.2 Å². The standard InChI is InChI=1S/C17H17F2N3O3/c1-10-3-5-13(22(24)25)8-16(10)21-17(23)9-20-11(2)12-4-6-14(18)15(19)7-12/h3-8,11,20H,9H2,1-2H3,(H,21,23)/t11-/m1/s1. The van der Waals surface area contributed by atoms with E-state index in [0.29, 0.717) is 16.8 Å². The van der Waals surface area contributed by atoms with Gasteiger partial charge in [0.05, 0.1) is 17.2 Å². The molecule has 0 saturated carbocycles. The summed E-state index contributed by atoms with van der Waals surface area (Å²) in [6, 6.07) is 7.32. The van der Waals surface area contributed by atoms with Gasteiger partial charge in [-0.05, 0) is 37.1 Å². The molecule has 0 spiro atoms. The average Bonchev–Trinajstić information content (AvgIpc) is 2.57. The van der Waals surface area contributed by atoms with E-state index in [2.05, 4.69) is 10.6 Å². The van der Waals surface area contributed by atoms with Gasteiger partial charge in [-0.1, -0.05) is 12.1 Å². The quantitative estimate of drug-likeness (QED) is 0.618. The molecule has 0 aliphatic carbocycles. The van der Waals surface area contributed by atoms with Crippen LogP contribution in [0.1, 0.15) is 24.1 Å². The maximum Gasteiger partial charge on any atom is 0.271 e. The third-order valence-corrected chi connectivity index (χ3v) is 3.72. The van der Waals surface area contributed by atoms with Gasteiger partial charge in [0.2, 0.25) is 5.91 Å². The smallest absolute Gasteiger partial charge is 0.271 e. The number of hydrogen-bond acceptors (Lipinski definition) is 4. The van der Waals surface area contributed by atoms with E-state index >= 15 is 0 Å². The number of aryl methyl sites for hydroxylation is 1. The Labute approximate surface area is 143 Å². The Bertz CT molecular complexity index is 812. The highest BCUT2D eigenvalue weighted by Gasteiger charge is 2.13. The first kappa shape index (κ1) is 18.5. The second-order valence-corrected chi connectivity index (χ2v) is 5.58. The number of carbonyl (C=O) groups is 1. The first-order valence-corrected chi connectivity index (χ1v) is 7.51. The summed E-state index contributed by atoms with van der Waals surface area (Å²) in [7, 11) is 0. The Kier molecular flexibility index (Phi) is 5.76. The van der Waals surface area contributed by atoms with Gasteiger partial charge in [0.1, 0.15) is 0 Å². The number of non-ortho nitro benzene ring substituents is 1. The van der Waals surface area contributed by atoms with Crippen molar-refractivity contribution >= 4 is 17.3 Å². The summed E-state index contributed by atoms with van der Waals surface area (Å²) in [6.07, 6.45) is 0. The number of anilines is 1. The number of nitro groups is 1. The van der Waals surface area contributed by atoms with Crippen LogP contribution in [0.3, 0.4) is 0 Å². The minimum Gasteiger partial charge on any atom is -0.324 e. The van der Waals surface area contributed by atoms with E-state index in [4.69, 9.17) is 0 Å². The van der Waals surface area contributed by atoms with Gasteiger partial charge in [-0.3, -0.25) is 14.9 Å². The lowest BCUT2D eigenvalue weighted by Crippen LogP contribution is -2.30. The SMILES string of the molecule is Cc1ccc([N+](=O)[O-])cc1NC(=O)CN[C@H](C)c1ccc(F)c(F)c1. The number of nitrogens with one attached hydrogen (secondary N) is 2. The first-order valence-electron chi connectivity index (χ1n) is 7.51. The van der Waals surface area contributed by atoms with Crippen molar-refractivity contribution < 1.29 is 18.5 Å². The maximum atomic E-state index is 13.2. The molecule has 0 radical (unpaired) electrons. The van der Waals surface area contributed by atoms with Crippen molar-refractivity contribution in [1.29, 1.82) is 0 Å². The monoisotopic (exact) mass is 349 g/mol. The summed E-state index contributed by atoms with van der Waals surface area (Å²) in [5, 5.41) is 16.3. The molecule has 2 aromatic rings. The Balaban J connectivity index is 1.97. The number of rotatable bonds is 6. The molecule has 0 fully saturated rings. The molecule has 2 N–H and O–H groups in total. The van der Waals surface area contributed by atoms with Gasteiger partial charge < -0.3 is 10.6 Å². The van der Waals surface area contributed by atoms with Crippen LogP contribution in [0.15, 0.2) is 36.4 Å². The highest BCUT2D eigenvalue weighted by molar-refractivity contribution is 5.93. The predicted octanol–water partition coefficient (Wildman–Crippen LogP) is 3.47. The summed E-state index contributed by atoms with van der Waals surface area (Å²) in [4.78, 5) is 22.3. The normalized spacial score (nSPS) is 11.8. The van der Waals surface area contributed by atoms with Crippen molar-refractivity contribution in [2.75, 3.05) is 11.9 Å². The number of amides is 1. The molecule has 8 heteroatoms. The van der Waals surface area contributed by atoms with Crippen molar-refractivity contribution in [3.8, 4) is 0 Å². The van der Waals surface area contributed by atoms with Crippen LogP contribution in [0.4, 0.5) is 20.2 Å². The molecule has 25 heavy (non-hydrogen) atoms. The molecule has 0 saturated heterocycles. The van der Waals surface area contributed by atoms with Gasteiger partial charge in [0.25, 0.3) is 5.69 Å². The lowest BCUT2D eigenvalue weighted by molar-refractivity contribution is -0.384. The van der Waals surface area contributed by atoms with E-state index in [-0.39, 0.29) is 18.3 Å². The summed E-state index contributed by atoms with van der Waals surface area (Å²) in [5.41, 5.74) is 1.41. The molecule has 1 atom stereocenters. The number of hydrogen-bond donors (Lipinski definition) is 2. The Hall–Kier alpha value is -2.87.